The summed E-state index contributed by atoms with van der Waals surface area (Å²) in [7, 11) is -0.824. The third-order valence-corrected chi connectivity index (χ3v) is 14.3. The highest BCUT2D eigenvalue weighted by atomic mass is 32.2. The Kier molecular flexibility index (Phi) is 6.85. The first kappa shape index (κ1) is 32.5. The molecule has 0 N–H and O–H groups in total. The maximum atomic E-state index is 5.45. The molecule has 1 atom stereocenters. The maximum Gasteiger partial charge on any atom is 0.238 e. The third kappa shape index (κ3) is 4.70. The lowest BCUT2D eigenvalue weighted by atomic mass is 9.99. The molecule has 11 aromatic rings. The summed E-state index contributed by atoms with van der Waals surface area (Å²) >= 11 is 0. The summed E-state index contributed by atoms with van der Waals surface area (Å²) in [6, 6.07) is 66.8. The number of para-hydroxylation sites is 3. The molecule has 1 unspecified atom stereocenters. The highest BCUT2D eigenvalue weighted by molar-refractivity contribution is 8.31. The minimum atomic E-state index is -0.824. The molecule has 6 nitrogen and oxygen atoms in total. The zero-order valence-electron chi connectivity index (χ0n) is 31.5. The first-order valence-electron chi connectivity index (χ1n) is 19.8. The summed E-state index contributed by atoms with van der Waals surface area (Å²) in [4.78, 5) is 24.0. The molecule has 0 aliphatic carbocycles. The fraction of sp³-hybridized carbons (Fsp3) is 0. The lowest BCUT2D eigenvalue weighted by molar-refractivity contribution is 0.953. The number of hydrogen-bond donors (Lipinski definition) is 1. The Bertz CT molecular complexity index is 3570. The predicted molar refractivity (Wildman–Crippen MR) is 243 cm³/mol. The van der Waals surface area contributed by atoms with Crippen molar-refractivity contribution in [2.24, 2.45) is 4.99 Å². The van der Waals surface area contributed by atoms with Gasteiger partial charge in [-0.3, -0.25) is 4.57 Å². The molecular formula is C52H32N6S. The van der Waals surface area contributed by atoms with Gasteiger partial charge < -0.3 is 4.57 Å². The van der Waals surface area contributed by atoms with Crippen LogP contribution in [-0.2, 0) is 0 Å². The Hall–Kier alpha value is -7.61. The van der Waals surface area contributed by atoms with E-state index in [-0.39, 0.29) is 0 Å². The Balaban J connectivity index is 1.17. The van der Waals surface area contributed by atoms with Crippen molar-refractivity contribution in [1.82, 2.24) is 24.1 Å². The Morgan fingerprint density at radius 1 is 0.407 bits per heavy atom. The Morgan fingerprint density at radius 3 is 1.85 bits per heavy atom. The third-order valence-electron chi connectivity index (χ3n) is 11.9. The molecule has 5 heterocycles. The zero-order valence-corrected chi connectivity index (χ0v) is 32.4. The topological polar surface area (TPSA) is 60.9 Å². The van der Waals surface area contributed by atoms with Crippen LogP contribution in [0.4, 0.5) is 5.69 Å². The minimum Gasteiger partial charge on any atom is -0.306 e. The molecule has 0 fully saturated rings. The first-order chi connectivity index (χ1) is 29.3. The Morgan fingerprint density at radius 2 is 1.02 bits per heavy atom. The fourth-order valence-corrected chi connectivity index (χ4v) is 11.8. The second-order valence-corrected chi connectivity index (χ2v) is 17.2. The number of benzene rings is 8. The lowest BCUT2D eigenvalue weighted by Crippen LogP contribution is -2.10. The molecule has 13 rings (SSSR count). The van der Waals surface area contributed by atoms with E-state index in [1.807, 2.05) is 24.3 Å². The van der Waals surface area contributed by atoms with Crippen LogP contribution < -0.4 is 0 Å². The molecule has 2 aliphatic heterocycles. The summed E-state index contributed by atoms with van der Waals surface area (Å²) in [5.74, 6) is 1.79. The van der Waals surface area contributed by atoms with Crippen molar-refractivity contribution >= 4 is 65.2 Å². The highest BCUT2D eigenvalue weighted by Gasteiger charge is 2.32. The van der Waals surface area contributed by atoms with Crippen molar-refractivity contribution < 1.29 is 0 Å². The average Bonchev–Trinajstić information content (AvgIpc) is 3.96. The lowest BCUT2D eigenvalue weighted by Gasteiger charge is -2.25. The van der Waals surface area contributed by atoms with Crippen molar-refractivity contribution in [2.75, 3.05) is 0 Å². The number of nitrogens with zero attached hydrogens (tertiary/aromatic N) is 6. The SMILES string of the molecule is c1ccc(-c2nc(-c3ccccc3-c3ccccc3)nc(-n3c4ccccc4c4ccc5c6ccc7cc6n(c5c43)-c3ccccc3C3=Nc4ccccc4[SH]37)n2)cc1. The molecule has 59 heavy (non-hydrogen) atoms. The van der Waals surface area contributed by atoms with Crippen LogP contribution in [0.1, 0.15) is 5.56 Å². The van der Waals surface area contributed by atoms with Crippen LogP contribution in [0.5, 0.6) is 0 Å². The highest BCUT2D eigenvalue weighted by Crippen LogP contribution is 2.58. The molecule has 8 aromatic carbocycles. The van der Waals surface area contributed by atoms with Gasteiger partial charge in [-0.05, 0) is 52.4 Å². The van der Waals surface area contributed by atoms with Crippen molar-refractivity contribution in [2.45, 2.75) is 9.79 Å². The zero-order chi connectivity index (χ0) is 38.6. The van der Waals surface area contributed by atoms with Crippen molar-refractivity contribution in [1.29, 1.82) is 0 Å². The molecule has 0 spiro atoms. The number of hydrogen-bond acceptors (Lipinski definition) is 4. The van der Waals surface area contributed by atoms with E-state index in [4.69, 9.17) is 19.9 Å². The summed E-state index contributed by atoms with van der Waals surface area (Å²) in [5, 5.41) is 5.79. The van der Waals surface area contributed by atoms with Gasteiger partial charge in [0.2, 0.25) is 5.95 Å². The minimum absolute atomic E-state index is 0.562. The molecule has 2 aliphatic rings. The number of thiol groups is 1. The van der Waals surface area contributed by atoms with Crippen LogP contribution in [0.3, 0.4) is 0 Å². The van der Waals surface area contributed by atoms with E-state index >= 15 is 0 Å². The summed E-state index contributed by atoms with van der Waals surface area (Å²) in [5.41, 5.74) is 11.7. The van der Waals surface area contributed by atoms with Crippen LogP contribution in [0.25, 0.3) is 89.2 Å². The molecule has 0 saturated heterocycles. The van der Waals surface area contributed by atoms with Gasteiger partial charge in [-0.15, -0.1) is 0 Å². The van der Waals surface area contributed by atoms with Gasteiger partial charge in [0.05, 0.1) is 38.5 Å². The van der Waals surface area contributed by atoms with E-state index in [0.29, 0.717) is 17.6 Å². The molecule has 7 heteroatoms. The normalized spacial score (nSPS) is 14.6. The molecule has 2 bridgehead atoms. The van der Waals surface area contributed by atoms with Gasteiger partial charge in [0.25, 0.3) is 0 Å². The largest absolute Gasteiger partial charge is 0.306 e. The Labute approximate surface area is 341 Å². The quantitative estimate of drug-likeness (QED) is 0.181. The van der Waals surface area contributed by atoms with Crippen LogP contribution in [0, 0.1) is 0 Å². The van der Waals surface area contributed by atoms with Crippen LogP contribution in [0.15, 0.2) is 203 Å². The van der Waals surface area contributed by atoms with Crippen LogP contribution >= 0.6 is 10.9 Å². The van der Waals surface area contributed by atoms with Crippen LogP contribution in [0.2, 0.25) is 0 Å². The average molecular weight is 773 g/mol. The van der Waals surface area contributed by atoms with Gasteiger partial charge in [0.15, 0.2) is 11.6 Å². The van der Waals surface area contributed by atoms with Gasteiger partial charge in [0.1, 0.15) is 0 Å². The van der Waals surface area contributed by atoms with Gasteiger partial charge in [-0.2, -0.15) is 20.9 Å². The molecule has 3 aromatic heterocycles. The van der Waals surface area contributed by atoms with Crippen molar-refractivity contribution in [3.63, 3.8) is 0 Å². The van der Waals surface area contributed by atoms with Crippen LogP contribution in [-0.4, -0.2) is 29.1 Å². The van der Waals surface area contributed by atoms with E-state index in [1.54, 1.807) is 0 Å². The van der Waals surface area contributed by atoms with E-state index < -0.39 is 10.9 Å². The molecule has 0 saturated carbocycles. The van der Waals surface area contributed by atoms with E-state index in [1.165, 1.54) is 26.1 Å². The second-order valence-electron chi connectivity index (χ2n) is 15.1. The predicted octanol–water partition coefficient (Wildman–Crippen LogP) is 12.9. The molecular weight excluding hydrogens is 741 g/mol. The molecule has 276 valence electrons. The molecule has 0 amide bonds. The number of rotatable bonds is 4. The summed E-state index contributed by atoms with van der Waals surface area (Å²) in [6.07, 6.45) is 0. The fourth-order valence-electron chi connectivity index (χ4n) is 9.31. The standard InChI is InChI=1S/C52H32N6S/c1-3-15-32(16-4-1)35-19-7-8-21-40(35)50-54-49(33-17-5-2-6-18-33)55-52(56-50)58-43-24-12-9-20-36(43)38-29-30-39-37-28-27-34-31-45(37)57(47(39)48(38)58)44-25-13-10-22-41(44)51-53-42-23-11-14-26-46(42)59(34)51/h1-31,59H. The van der Waals surface area contributed by atoms with Crippen molar-refractivity contribution in [3.05, 3.63) is 194 Å². The number of aromatic nitrogens is 5. The van der Waals surface area contributed by atoms with E-state index in [2.05, 4.69) is 173 Å². The molecule has 0 radical (unpaired) electrons. The van der Waals surface area contributed by atoms with Gasteiger partial charge in [0, 0.05) is 43.1 Å². The van der Waals surface area contributed by atoms with Gasteiger partial charge >= 0.3 is 0 Å². The van der Waals surface area contributed by atoms with Gasteiger partial charge in [-0.1, -0.05) is 152 Å². The van der Waals surface area contributed by atoms with E-state index in [9.17, 15) is 0 Å². The van der Waals surface area contributed by atoms with Crippen molar-refractivity contribution in [3.8, 4) is 45.5 Å². The first-order valence-corrected chi connectivity index (χ1v) is 21.2. The second kappa shape index (κ2) is 12.4. The number of fused-ring (bicyclic) bond motifs is 15. The maximum absolute atomic E-state index is 5.45. The summed E-state index contributed by atoms with van der Waals surface area (Å²) in [6.45, 7) is 0. The monoisotopic (exact) mass is 772 g/mol. The number of aliphatic imine (C=N–C) groups is 1. The van der Waals surface area contributed by atoms with E-state index in [0.717, 1.165) is 71.6 Å². The van der Waals surface area contributed by atoms with Gasteiger partial charge in [-0.25, -0.2) is 9.98 Å². The smallest absolute Gasteiger partial charge is 0.238 e. The summed E-state index contributed by atoms with van der Waals surface area (Å²) < 4.78 is 4.75.